The number of carboxylic acids is 4. The molecule has 3 aliphatic heterocycles. The van der Waals surface area contributed by atoms with E-state index in [4.69, 9.17) is 0 Å². The van der Waals surface area contributed by atoms with Gasteiger partial charge in [-0.25, -0.2) is 0 Å². The van der Waals surface area contributed by atoms with E-state index in [0.29, 0.717) is 77.2 Å². The van der Waals surface area contributed by atoms with Crippen molar-refractivity contribution < 1.29 is 62.3 Å². The van der Waals surface area contributed by atoms with Gasteiger partial charge in [0.2, 0.25) is 11.1 Å². The zero-order valence-electron chi connectivity index (χ0n) is 44.2. The molecule has 1 amide bonds. The third-order valence-electron chi connectivity index (χ3n) is 14.5. The number of fused-ring (bicyclic) bond motifs is 2. The van der Waals surface area contributed by atoms with Gasteiger partial charge in [0.25, 0.3) is 0 Å². The molecular formula is C51H70BF2N11O10S. The fourth-order valence-electron chi connectivity index (χ4n) is 10.7. The van der Waals surface area contributed by atoms with Crippen molar-refractivity contribution in [1.29, 1.82) is 0 Å². The minimum atomic E-state index is -4.15. The maximum absolute atomic E-state index is 16.6. The fraction of sp³-hybridized carbons (Fsp3) is 0.549. The number of carbonyl (C=O) groups excluding carboxylic acids is 2. The van der Waals surface area contributed by atoms with E-state index in [9.17, 15) is 49.2 Å². The normalized spacial score (nSPS) is 17.5. The van der Waals surface area contributed by atoms with Gasteiger partial charge in [0, 0.05) is 113 Å². The molecule has 1 fully saturated rings. The monoisotopic (exact) mass is 1080 g/mol. The summed E-state index contributed by atoms with van der Waals surface area (Å²) in [4.78, 5) is 80.1. The summed E-state index contributed by atoms with van der Waals surface area (Å²) in [5, 5.41) is 58.5. The van der Waals surface area contributed by atoms with Crippen LogP contribution in [0, 0.1) is 13.8 Å². The lowest BCUT2D eigenvalue weighted by Gasteiger charge is -2.35. The Kier molecular flexibility index (Phi) is 20.7. The van der Waals surface area contributed by atoms with Crippen molar-refractivity contribution in [3.63, 3.8) is 0 Å². The predicted molar refractivity (Wildman–Crippen MR) is 281 cm³/mol. The number of aliphatic carboxylic acids is 4. The average molecular weight is 1080 g/mol. The number of benzene rings is 1. The van der Waals surface area contributed by atoms with E-state index in [1.54, 1.807) is 45.6 Å². The SMILES string of the molecule is CCC1=C(C)C2=C(c3ccc(C(=O)CCCSc4nnc(CCCNC(=O)CCC(C(=O)O)N5CCN(CC(=O)O)CCN(CC(=O)O)CCN(CC(=O)O)CC5)nn4)cc3)c3c(C)c(CC)c(C)n3[B-](F)(F)[N+]2=C1C. The van der Waals surface area contributed by atoms with Gasteiger partial charge in [-0.05, 0) is 75.3 Å². The largest absolute Gasteiger partial charge is 0.737 e. The topological polar surface area (TPSA) is 268 Å². The summed E-state index contributed by atoms with van der Waals surface area (Å²) < 4.78 is 35.8. The Morgan fingerprint density at radius 1 is 0.750 bits per heavy atom. The quantitative estimate of drug-likeness (QED) is 0.0368. The molecule has 2 aromatic heterocycles. The van der Waals surface area contributed by atoms with Gasteiger partial charge in [0.1, 0.15) is 11.8 Å². The maximum atomic E-state index is 16.6. The average Bonchev–Trinajstić information content (AvgIpc) is 3.80. The van der Waals surface area contributed by atoms with Crippen LogP contribution in [0.2, 0.25) is 0 Å². The molecule has 412 valence electrons. The molecule has 25 heteroatoms. The third kappa shape index (κ3) is 14.4. The first-order valence-corrected chi connectivity index (χ1v) is 26.8. The van der Waals surface area contributed by atoms with Gasteiger partial charge in [-0.15, -0.1) is 20.4 Å². The molecule has 1 saturated heterocycles. The van der Waals surface area contributed by atoms with Crippen molar-refractivity contribution in [2.45, 2.75) is 104 Å². The minimum Gasteiger partial charge on any atom is -0.480 e. The molecule has 76 heavy (non-hydrogen) atoms. The number of carbonyl (C=O) groups is 6. The van der Waals surface area contributed by atoms with Crippen LogP contribution in [0.5, 0.6) is 0 Å². The van der Waals surface area contributed by atoms with Crippen LogP contribution in [0.4, 0.5) is 8.63 Å². The van der Waals surface area contributed by atoms with Crippen LogP contribution < -0.4 is 5.32 Å². The molecule has 0 aliphatic carbocycles. The lowest BCUT2D eigenvalue weighted by Crippen LogP contribution is -2.52. The first-order valence-electron chi connectivity index (χ1n) is 25.9. The number of nitrogens with zero attached hydrogens (tertiary/aromatic N) is 10. The number of aromatic nitrogens is 5. The first kappa shape index (κ1) is 59.0. The number of rotatable bonds is 24. The molecule has 1 unspecified atom stereocenters. The van der Waals surface area contributed by atoms with Gasteiger partial charge in [0.05, 0.1) is 25.2 Å². The zero-order valence-corrected chi connectivity index (χ0v) is 45.0. The summed E-state index contributed by atoms with van der Waals surface area (Å²) in [5.74, 6) is -4.03. The van der Waals surface area contributed by atoms with Gasteiger partial charge in [-0.3, -0.25) is 48.4 Å². The third-order valence-corrected chi connectivity index (χ3v) is 15.4. The van der Waals surface area contributed by atoms with Crippen molar-refractivity contribution in [1.82, 2.24) is 49.8 Å². The molecule has 0 bridgehead atoms. The molecule has 6 rings (SSSR count). The van der Waals surface area contributed by atoms with Gasteiger partial charge in [-0.2, -0.15) is 0 Å². The van der Waals surface area contributed by atoms with E-state index in [2.05, 4.69) is 25.7 Å². The highest BCUT2D eigenvalue weighted by molar-refractivity contribution is 7.99. The Balaban J connectivity index is 0.962. The first-order chi connectivity index (χ1) is 36.2. The highest BCUT2D eigenvalue weighted by Crippen LogP contribution is 2.47. The number of allylic oxidation sites excluding steroid dienone is 2. The predicted octanol–water partition coefficient (Wildman–Crippen LogP) is 3.97. The van der Waals surface area contributed by atoms with Crippen LogP contribution in [0.1, 0.15) is 110 Å². The number of thioether (sulfide) groups is 1. The Morgan fingerprint density at radius 2 is 1.30 bits per heavy atom. The number of amides is 1. The number of hydrogen-bond donors (Lipinski definition) is 5. The number of ketones is 1. The summed E-state index contributed by atoms with van der Waals surface area (Å²) in [5.41, 5.74) is 7.72. The molecule has 0 spiro atoms. The van der Waals surface area contributed by atoms with Crippen LogP contribution in [0.25, 0.3) is 5.57 Å². The van der Waals surface area contributed by atoms with Gasteiger partial charge >= 0.3 is 30.8 Å². The molecule has 3 aliphatic rings. The van der Waals surface area contributed by atoms with E-state index < -0.39 is 36.9 Å². The number of Topliss-reactive ketones (excluding diaryl/α,β-unsaturated/α-hetero) is 1. The van der Waals surface area contributed by atoms with Crippen molar-refractivity contribution in [3.05, 3.63) is 80.6 Å². The van der Waals surface area contributed by atoms with Crippen LogP contribution in [0.3, 0.4) is 0 Å². The fourth-order valence-corrected chi connectivity index (χ4v) is 11.4. The van der Waals surface area contributed by atoms with Gasteiger partial charge in [0.15, 0.2) is 17.3 Å². The number of nitrogens with one attached hydrogen (secondary N) is 1. The highest BCUT2D eigenvalue weighted by atomic mass is 32.2. The maximum Gasteiger partial charge on any atom is 0.737 e. The van der Waals surface area contributed by atoms with E-state index in [0.717, 1.165) is 33.4 Å². The molecule has 5 heterocycles. The summed E-state index contributed by atoms with van der Waals surface area (Å²) >= 11 is 1.31. The van der Waals surface area contributed by atoms with Gasteiger partial charge in [-0.1, -0.05) is 49.9 Å². The van der Waals surface area contributed by atoms with E-state index in [1.165, 1.54) is 20.7 Å². The lowest BCUT2D eigenvalue weighted by molar-refractivity contribution is -0.363. The summed E-state index contributed by atoms with van der Waals surface area (Å²) in [6.45, 7) is 7.66. The number of halogens is 2. The molecule has 21 nitrogen and oxygen atoms in total. The Labute approximate surface area is 445 Å². The Hall–Kier alpha value is -6.28. The minimum absolute atomic E-state index is 0.0551. The van der Waals surface area contributed by atoms with Crippen molar-refractivity contribution in [2.75, 3.05) is 84.3 Å². The Bertz CT molecular complexity index is 2720. The van der Waals surface area contributed by atoms with Crippen molar-refractivity contribution in [2.24, 2.45) is 0 Å². The number of hydrogen-bond acceptors (Lipinski definition) is 15. The molecule has 3 aromatic rings. The van der Waals surface area contributed by atoms with Crippen molar-refractivity contribution in [3.8, 4) is 0 Å². The van der Waals surface area contributed by atoms with Crippen LogP contribution in [-0.2, 0) is 36.8 Å². The molecule has 1 atom stereocenters. The molecule has 1 aromatic carbocycles. The second-order valence-electron chi connectivity index (χ2n) is 19.4. The standard InChI is InChI=1S/C51H70BF2N11O10S/c1-7-38-32(3)48-47(49-33(4)39(8-2)35(6)65(49)52(53,54)64(48)34(38)5)37-15-13-36(14-16-37)41(66)11-10-28-76-51-58-56-42(57-59-51)12-9-19-55-43(67)18-17-40(50(74)75)63-26-24-61(30-45(70)71)22-20-60(29-44(68)69)21-23-62(25-27-63)31-46(72)73/h13-16,40H,7-12,17-31H2,1-6H3,(H,55,67)(H,68,69)(H,70,71)(H,72,73)(H,74,75). The number of carboxylic acid groups (broad SMARTS) is 4. The van der Waals surface area contributed by atoms with Crippen LogP contribution in [-0.4, -0.2) is 208 Å². The highest BCUT2D eigenvalue weighted by Gasteiger charge is 2.56. The molecule has 5 N–H and O–H groups in total. The van der Waals surface area contributed by atoms with E-state index in [-0.39, 0.29) is 109 Å². The second kappa shape index (κ2) is 26.7. The number of aryl methyl sites for hydroxylation is 1. The summed E-state index contributed by atoms with van der Waals surface area (Å²) in [7, 11) is 0. The zero-order chi connectivity index (χ0) is 55.4. The smallest absolute Gasteiger partial charge is 0.480 e. The second-order valence-corrected chi connectivity index (χ2v) is 20.5. The molecule has 0 saturated carbocycles. The van der Waals surface area contributed by atoms with E-state index >= 15 is 8.63 Å². The molecule has 0 radical (unpaired) electrons. The van der Waals surface area contributed by atoms with Gasteiger partial charge < -0.3 is 43.3 Å². The van der Waals surface area contributed by atoms with Crippen LogP contribution >= 0.6 is 11.8 Å². The summed E-state index contributed by atoms with van der Waals surface area (Å²) in [6, 6.07) is 6.12. The van der Waals surface area contributed by atoms with E-state index in [1.807, 2.05) is 39.8 Å². The van der Waals surface area contributed by atoms with Crippen LogP contribution in [0.15, 0.2) is 46.3 Å². The summed E-state index contributed by atoms with van der Waals surface area (Å²) in [6.07, 6.45) is 2.64. The molecular weight excluding hydrogens is 1010 g/mol. The lowest BCUT2D eigenvalue weighted by atomic mass is 9.83. The van der Waals surface area contributed by atoms with Crippen molar-refractivity contribution >= 4 is 65.6 Å². The Morgan fingerprint density at radius 3 is 1.82 bits per heavy atom.